The van der Waals surface area contributed by atoms with E-state index in [9.17, 15) is 9.59 Å². The topological polar surface area (TPSA) is 61.8 Å². The van der Waals surface area contributed by atoms with Gasteiger partial charge in [0, 0.05) is 11.5 Å². The number of esters is 1. The van der Waals surface area contributed by atoms with E-state index in [2.05, 4.69) is 11.3 Å². The highest BCUT2D eigenvalue weighted by molar-refractivity contribution is 5.89. The number of benzene rings is 2. The van der Waals surface area contributed by atoms with E-state index in [4.69, 9.17) is 9.47 Å². The van der Waals surface area contributed by atoms with E-state index in [-0.39, 0.29) is 13.2 Å². The fourth-order valence-electron chi connectivity index (χ4n) is 1.73. The van der Waals surface area contributed by atoms with Gasteiger partial charge in [-0.05, 0) is 11.5 Å². The van der Waals surface area contributed by atoms with Gasteiger partial charge in [-0.15, -0.1) is 0 Å². The molecule has 2 aromatic carbocycles. The molecule has 0 fully saturated rings. The number of fused-ring (bicyclic) bond motifs is 1. The van der Waals surface area contributed by atoms with Gasteiger partial charge >= 0.3 is 12.1 Å². The lowest BCUT2D eigenvalue weighted by atomic mass is 10.1. The third-order valence-corrected chi connectivity index (χ3v) is 2.66. The molecule has 0 spiro atoms. The summed E-state index contributed by atoms with van der Waals surface area (Å²) in [5.74, 6) is -0.151. The number of rotatable bonds is 5. The summed E-state index contributed by atoms with van der Waals surface area (Å²) in [5, 5.41) is 1.78. The van der Waals surface area contributed by atoms with Crippen molar-refractivity contribution >= 4 is 22.9 Å². The Morgan fingerprint density at radius 3 is 2.52 bits per heavy atom. The Kier molecular flexibility index (Phi) is 4.93. The number of ether oxygens (including phenoxy) is 3. The van der Waals surface area contributed by atoms with Crippen molar-refractivity contribution in [2.45, 2.75) is 0 Å². The molecule has 0 saturated carbocycles. The second-order valence-corrected chi connectivity index (χ2v) is 4.05. The lowest BCUT2D eigenvalue weighted by Crippen LogP contribution is -2.15. The molecule has 0 N–H and O–H groups in total. The number of hydrogen-bond acceptors (Lipinski definition) is 5. The van der Waals surface area contributed by atoms with Gasteiger partial charge in [0.2, 0.25) is 0 Å². The van der Waals surface area contributed by atoms with Gasteiger partial charge in [0.05, 0.1) is 0 Å². The van der Waals surface area contributed by atoms with Crippen LogP contribution in [0.15, 0.2) is 55.1 Å². The lowest BCUT2D eigenvalue weighted by molar-refractivity contribution is -0.138. The average molecular weight is 286 g/mol. The van der Waals surface area contributed by atoms with Crippen LogP contribution in [0.25, 0.3) is 10.8 Å². The molecule has 2 rings (SSSR count). The summed E-state index contributed by atoms with van der Waals surface area (Å²) >= 11 is 0. The van der Waals surface area contributed by atoms with Crippen LogP contribution in [0.4, 0.5) is 4.79 Å². The largest absolute Gasteiger partial charge is 0.513 e. The predicted octanol–water partition coefficient (Wildman–Crippen LogP) is 3.08. The Hall–Kier alpha value is -2.82. The zero-order valence-electron chi connectivity index (χ0n) is 11.3. The molecule has 0 aliphatic carbocycles. The highest BCUT2D eigenvalue weighted by Crippen LogP contribution is 2.25. The minimum atomic E-state index is -0.846. The SMILES string of the molecule is C=CC(=O)OCCOC(=O)Oc1cccc2ccccc12. The summed E-state index contributed by atoms with van der Waals surface area (Å²) in [6.07, 6.45) is 0.190. The van der Waals surface area contributed by atoms with E-state index in [0.717, 1.165) is 16.8 Å². The first-order valence-corrected chi connectivity index (χ1v) is 6.32. The van der Waals surface area contributed by atoms with Crippen LogP contribution in [0, 0.1) is 0 Å². The summed E-state index contributed by atoms with van der Waals surface area (Å²) in [4.78, 5) is 22.3. The van der Waals surface area contributed by atoms with E-state index in [1.807, 2.05) is 30.3 Å². The smallest absolute Gasteiger partial charge is 0.459 e. The van der Waals surface area contributed by atoms with Crippen LogP contribution in [0.5, 0.6) is 5.75 Å². The van der Waals surface area contributed by atoms with Gasteiger partial charge in [-0.2, -0.15) is 0 Å². The van der Waals surface area contributed by atoms with Crippen LogP contribution in [-0.4, -0.2) is 25.3 Å². The molecule has 0 saturated heterocycles. The molecule has 21 heavy (non-hydrogen) atoms. The Balaban J connectivity index is 1.90. The lowest BCUT2D eigenvalue weighted by Gasteiger charge is -2.08. The molecule has 0 unspecified atom stereocenters. The summed E-state index contributed by atoms with van der Waals surface area (Å²) < 4.78 is 14.6. The fourth-order valence-corrected chi connectivity index (χ4v) is 1.73. The van der Waals surface area contributed by atoms with Crippen molar-refractivity contribution in [2.75, 3.05) is 13.2 Å². The summed E-state index contributed by atoms with van der Waals surface area (Å²) in [7, 11) is 0. The molecule has 0 aliphatic heterocycles. The van der Waals surface area contributed by atoms with E-state index >= 15 is 0 Å². The third-order valence-electron chi connectivity index (χ3n) is 2.66. The first-order chi connectivity index (χ1) is 10.2. The highest BCUT2D eigenvalue weighted by Gasteiger charge is 2.09. The zero-order chi connectivity index (χ0) is 15.1. The maximum Gasteiger partial charge on any atom is 0.513 e. The van der Waals surface area contributed by atoms with Crippen molar-refractivity contribution in [1.29, 1.82) is 0 Å². The quantitative estimate of drug-likeness (QED) is 0.366. The fraction of sp³-hybridized carbons (Fsp3) is 0.125. The zero-order valence-corrected chi connectivity index (χ0v) is 11.3. The standard InChI is InChI=1S/C16H14O5/c1-2-15(17)19-10-11-20-16(18)21-14-9-5-7-12-6-3-4-8-13(12)14/h2-9H,1,10-11H2. The van der Waals surface area contributed by atoms with Crippen molar-refractivity contribution in [3.05, 3.63) is 55.1 Å². The predicted molar refractivity (Wildman–Crippen MR) is 77.1 cm³/mol. The summed E-state index contributed by atoms with van der Waals surface area (Å²) in [5.41, 5.74) is 0. The normalized spacial score (nSPS) is 9.90. The molecule has 0 bridgehead atoms. The van der Waals surface area contributed by atoms with E-state index in [1.54, 1.807) is 12.1 Å². The van der Waals surface area contributed by atoms with Gasteiger partial charge in [-0.1, -0.05) is 43.0 Å². The maximum absolute atomic E-state index is 11.6. The van der Waals surface area contributed by atoms with Crippen LogP contribution < -0.4 is 4.74 Å². The van der Waals surface area contributed by atoms with Crippen molar-refractivity contribution < 1.29 is 23.8 Å². The minimum absolute atomic E-state index is 0.0461. The second-order valence-electron chi connectivity index (χ2n) is 4.05. The summed E-state index contributed by atoms with van der Waals surface area (Å²) in [6, 6.07) is 12.9. The van der Waals surface area contributed by atoms with Crippen LogP contribution in [0.2, 0.25) is 0 Å². The van der Waals surface area contributed by atoms with E-state index in [0.29, 0.717) is 5.75 Å². The first-order valence-electron chi connectivity index (χ1n) is 6.32. The van der Waals surface area contributed by atoms with Crippen molar-refractivity contribution in [2.24, 2.45) is 0 Å². The molecular weight excluding hydrogens is 272 g/mol. The summed E-state index contributed by atoms with van der Waals surface area (Å²) in [6.45, 7) is 3.13. The number of carbonyl (C=O) groups is 2. The van der Waals surface area contributed by atoms with Crippen molar-refractivity contribution in [3.8, 4) is 5.75 Å². The maximum atomic E-state index is 11.6. The third kappa shape index (κ3) is 4.07. The van der Waals surface area contributed by atoms with Crippen LogP contribution in [0.3, 0.4) is 0 Å². The molecule has 5 heteroatoms. The van der Waals surface area contributed by atoms with Crippen LogP contribution in [0.1, 0.15) is 0 Å². The minimum Gasteiger partial charge on any atom is -0.459 e. The molecule has 108 valence electrons. The van der Waals surface area contributed by atoms with Gasteiger partial charge in [-0.3, -0.25) is 0 Å². The average Bonchev–Trinajstić information content (AvgIpc) is 2.51. The van der Waals surface area contributed by atoms with Crippen LogP contribution in [-0.2, 0) is 14.3 Å². The van der Waals surface area contributed by atoms with Gasteiger partial charge in [0.1, 0.15) is 19.0 Å². The molecular formula is C16H14O5. The molecule has 0 aromatic heterocycles. The first kappa shape index (κ1) is 14.6. The van der Waals surface area contributed by atoms with Gasteiger partial charge in [0.15, 0.2) is 0 Å². The highest BCUT2D eigenvalue weighted by atomic mass is 16.7. The van der Waals surface area contributed by atoms with Crippen LogP contribution >= 0.6 is 0 Å². The van der Waals surface area contributed by atoms with E-state index < -0.39 is 12.1 Å². The molecule has 0 atom stereocenters. The monoisotopic (exact) mass is 286 g/mol. The molecule has 0 heterocycles. The molecule has 5 nitrogen and oxygen atoms in total. The Labute approximate surface area is 121 Å². The Morgan fingerprint density at radius 2 is 1.71 bits per heavy atom. The molecule has 0 radical (unpaired) electrons. The molecule has 0 amide bonds. The molecule has 0 aliphatic rings. The second kappa shape index (κ2) is 7.09. The number of carbonyl (C=O) groups excluding carboxylic acids is 2. The Morgan fingerprint density at radius 1 is 1.00 bits per heavy atom. The molecule has 2 aromatic rings. The van der Waals surface area contributed by atoms with Crippen molar-refractivity contribution in [1.82, 2.24) is 0 Å². The van der Waals surface area contributed by atoms with E-state index in [1.165, 1.54) is 0 Å². The van der Waals surface area contributed by atoms with Gasteiger partial charge < -0.3 is 14.2 Å². The van der Waals surface area contributed by atoms with Crippen molar-refractivity contribution in [3.63, 3.8) is 0 Å². The number of hydrogen-bond donors (Lipinski definition) is 0. The Bertz CT molecular complexity index is 657. The van der Waals surface area contributed by atoms with Gasteiger partial charge in [-0.25, -0.2) is 9.59 Å². The van der Waals surface area contributed by atoms with Gasteiger partial charge in [0.25, 0.3) is 0 Å².